The molecule has 1 heterocycles. The van der Waals surface area contributed by atoms with Gasteiger partial charge < -0.3 is 0 Å². The molecule has 9 heteroatoms. The number of hydrogen-bond acceptors (Lipinski definition) is 4. The van der Waals surface area contributed by atoms with E-state index in [0.717, 1.165) is 0 Å². The van der Waals surface area contributed by atoms with Crippen molar-refractivity contribution < 1.29 is 18.0 Å². The average molecular weight is 337 g/mol. The second kappa shape index (κ2) is 5.68. The number of carbonyl (C=O) groups excluding carboxylic acids is 1. The van der Waals surface area contributed by atoms with E-state index in [4.69, 9.17) is 0 Å². The molecule has 0 fully saturated rings. The van der Waals surface area contributed by atoms with Crippen molar-refractivity contribution in [3.8, 4) is 0 Å². The molecule has 1 aliphatic heterocycles. The molecule has 1 aromatic rings. The van der Waals surface area contributed by atoms with Crippen LogP contribution in [0.4, 0.5) is 30.2 Å². The van der Waals surface area contributed by atoms with Crippen LogP contribution in [0.3, 0.4) is 0 Å². The number of nitrogens with one attached hydrogen (secondary N) is 2. The number of fused-ring (bicyclic) bond motifs is 1. The van der Waals surface area contributed by atoms with E-state index >= 15 is 0 Å². The molecule has 0 aromatic heterocycles. The fourth-order valence-electron chi connectivity index (χ4n) is 1.42. The third-order valence-electron chi connectivity index (χ3n) is 2.17. The van der Waals surface area contributed by atoms with Gasteiger partial charge in [-0.05, 0) is 0 Å². The van der Waals surface area contributed by atoms with Gasteiger partial charge in [0.2, 0.25) is 0 Å². The number of alkyl halides is 3. The van der Waals surface area contributed by atoms with Gasteiger partial charge in [-0.15, -0.1) is 0 Å². The molecule has 0 saturated heterocycles. The minimum atomic E-state index is -4.33. The van der Waals surface area contributed by atoms with Crippen molar-refractivity contribution in [3.05, 3.63) is 18.2 Å². The van der Waals surface area contributed by atoms with E-state index in [-0.39, 0.29) is 14.6 Å². The summed E-state index contributed by atoms with van der Waals surface area (Å²) in [6.45, 7) is -1.61. The summed E-state index contributed by atoms with van der Waals surface area (Å²) in [5.41, 5.74) is 1.76. The molecule has 1 aromatic carbocycles. The number of benzene rings is 1. The zero-order chi connectivity index (χ0) is 13.9. The fraction of sp³-hybridized carbons (Fsp3) is 0.300. The predicted octanol–water partition coefficient (Wildman–Crippen LogP) is 2.12. The normalized spacial score (nSPS) is 13.0. The number of carbonyl (C=O) groups is 1. The molecule has 2 N–H and O–H groups in total. The first-order chi connectivity index (χ1) is 8.96. The summed E-state index contributed by atoms with van der Waals surface area (Å²) in [7, 11) is 0. The number of anilines is 1. The van der Waals surface area contributed by atoms with E-state index in [9.17, 15) is 18.0 Å². The maximum atomic E-state index is 11.9. The monoisotopic (exact) mass is 338 g/mol. The van der Waals surface area contributed by atoms with Gasteiger partial charge in [0.25, 0.3) is 0 Å². The van der Waals surface area contributed by atoms with Gasteiger partial charge in [0.05, 0.1) is 0 Å². The third-order valence-corrected chi connectivity index (χ3v) is 3.31. The Morgan fingerprint density at radius 2 is 2.11 bits per heavy atom. The standard InChI is InChI=1S/C10H9F3N4OSe/c11-10(12,13)5-14-4-8(18)15-6-2-1-3-7-9(6)17-19-16-7/h1-3,14H,4-5H2,(H,15,18). The van der Waals surface area contributed by atoms with Crippen LogP contribution < -0.4 is 10.6 Å². The Kier molecular flexibility index (Phi) is 4.18. The molecule has 0 saturated carbocycles. The van der Waals surface area contributed by atoms with Crippen LogP contribution in [0, 0.1) is 0 Å². The van der Waals surface area contributed by atoms with Gasteiger partial charge in [-0.3, -0.25) is 0 Å². The van der Waals surface area contributed by atoms with Gasteiger partial charge >= 0.3 is 112 Å². The molecule has 102 valence electrons. The Bertz CT molecular complexity index is 566. The number of rotatable bonds is 4. The molecule has 0 spiro atoms. The third kappa shape index (κ3) is 4.02. The molecule has 0 atom stereocenters. The maximum absolute atomic E-state index is 11.9. The second-order valence-electron chi connectivity index (χ2n) is 3.70. The van der Waals surface area contributed by atoms with Crippen LogP contribution >= 0.6 is 0 Å². The zero-order valence-corrected chi connectivity index (χ0v) is 11.2. The first-order valence-corrected chi connectivity index (χ1v) is 6.77. The number of nitrogens with zero attached hydrogens (tertiary/aromatic N) is 2. The van der Waals surface area contributed by atoms with Crippen LogP contribution in [0.15, 0.2) is 26.1 Å². The summed E-state index contributed by atoms with van der Waals surface area (Å²) in [5.74, 6) is -0.549. The summed E-state index contributed by atoms with van der Waals surface area (Å²) in [6, 6.07) is 5.12. The topological polar surface area (TPSA) is 65.8 Å². The molecule has 0 unspecified atom stereocenters. The Hall–Kier alpha value is -1.44. The molecule has 1 aliphatic rings. The number of hydrogen-bond donors (Lipinski definition) is 2. The van der Waals surface area contributed by atoms with Crippen molar-refractivity contribution in [1.29, 1.82) is 0 Å². The van der Waals surface area contributed by atoms with Crippen molar-refractivity contribution in [2.45, 2.75) is 6.18 Å². The van der Waals surface area contributed by atoms with Crippen LogP contribution in [0.1, 0.15) is 0 Å². The summed E-state index contributed by atoms with van der Waals surface area (Å²) in [6.07, 6.45) is -4.33. The Morgan fingerprint density at radius 3 is 2.84 bits per heavy atom. The molecule has 2 rings (SSSR count). The van der Waals surface area contributed by atoms with Gasteiger partial charge in [0, 0.05) is 0 Å². The fourth-order valence-corrected chi connectivity index (χ4v) is 2.57. The number of halogens is 3. The van der Waals surface area contributed by atoms with Crippen molar-refractivity contribution in [2.24, 2.45) is 7.92 Å². The predicted molar refractivity (Wildman–Crippen MR) is 63.9 cm³/mol. The molecular weight excluding hydrogens is 328 g/mol. The first kappa shape index (κ1) is 14.0. The molecule has 19 heavy (non-hydrogen) atoms. The molecular formula is C10H9F3N4OSe. The molecule has 5 nitrogen and oxygen atoms in total. The average Bonchev–Trinajstić information content (AvgIpc) is 2.76. The Balaban J connectivity index is 1.90. The van der Waals surface area contributed by atoms with E-state index in [0.29, 0.717) is 17.1 Å². The quantitative estimate of drug-likeness (QED) is 0.840. The van der Waals surface area contributed by atoms with Crippen LogP contribution in [-0.2, 0) is 4.79 Å². The SMILES string of the molecule is O=C(CNCC(F)(F)F)Nc1cccc2c1N=[Se]=N2. The van der Waals surface area contributed by atoms with Gasteiger partial charge in [-0.2, -0.15) is 0 Å². The van der Waals surface area contributed by atoms with Gasteiger partial charge in [0.1, 0.15) is 0 Å². The van der Waals surface area contributed by atoms with Crippen LogP contribution in [0.2, 0.25) is 0 Å². The molecule has 0 radical (unpaired) electrons. The van der Waals surface area contributed by atoms with Crippen molar-refractivity contribution in [1.82, 2.24) is 5.32 Å². The van der Waals surface area contributed by atoms with Crippen molar-refractivity contribution >= 4 is 37.5 Å². The Morgan fingerprint density at radius 1 is 1.32 bits per heavy atom. The molecule has 0 aliphatic carbocycles. The summed E-state index contributed by atoms with van der Waals surface area (Å²) in [5, 5.41) is 4.54. The van der Waals surface area contributed by atoms with E-state index in [1.54, 1.807) is 18.2 Å². The van der Waals surface area contributed by atoms with Crippen molar-refractivity contribution in [3.63, 3.8) is 0 Å². The minimum absolute atomic E-state index is 0.225. The molecule has 0 bridgehead atoms. The van der Waals surface area contributed by atoms with E-state index in [1.165, 1.54) is 0 Å². The van der Waals surface area contributed by atoms with Gasteiger partial charge in [-0.1, -0.05) is 0 Å². The van der Waals surface area contributed by atoms with Gasteiger partial charge in [0.15, 0.2) is 0 Å². The second-order valence-corrected chi connectivity index (χ2v) is 4.81. The zero-order valence-electron chi connectivity index (χ0n) is 9.49. The van der Waals surface area contributed by atoms with Crippen LogP contribution in [-0.4, -0.2) is 39.7 Å². The Labute approximate surface area is 112 Å². The van der Waals surface area contributed by atoms with E-state index < -0.39 is 25.2 Å². The number of amides is 1. The molecule has 1 amide bonds. The van der Waals surface area contributed by atoms with E-state index in [2.05, 4.69) is 13.2 Å². The van der Waals surface area contributed by atoms with E-state index in [1.807, 2.05) is 5.32 Å². The first-order valence-electron chi connectivity index (χ1n) is 5.24. The summed E-state index contributed by atoms with van der Waals surface area (Å²) >= 11 is -0.225. The summed E-state index contributed by atoms with van der Waals surface area (Å²) < 4.78 is 44.0. The van der Waals surface area contributed by atoms with Crippen LogP contribution in [0.5, 0.6) is 0 Å². The van der Waals surface area contributed by atoms with Gasteiger partial charge in [-0.25, -0.2) is 0 Å². The summed E-state index contributed by atoms with van der Waals surface area (Å²) in [4.78, 5) is 11.5. The van der Waals surface area contributed by atoms with Crippen molar-refractivity contribution in [2.75, 3.05) is 18.4 Å². The van der Waals surface area contributed by atoms with Crippen LogP contribution in [0.25, 0.3) is 0 Å².